The predicted octanol–water partition coefficient (Wildman–Crippen LogP) is 2.02. The third-order valence-corrected chi connectivity index (χ3v) is 7.28. The van der Waals surface area contributed by atoms with E-state index in [1.807, 2.05) is 0 Å². The third kappa shape index (κ3) is 3.32. The van der Waals surface area contributed by atoms with Crippen LogP contribution in [0, 0.1) is 12.8 Å². The summed E-state index contributed by atoms with van der Waals surface area (Å²) in [6, 6.07) is -0.155. The van der Waals surface area contributed by atoms with Crippen molar-refractivity contribution in [3.8, 4) is 0 Å². The van der Waals surface area contributed by atoms with Crippen molar-refractivity contribution in [1.29, 1.82) is 0 Å². The fourth-order valence-electron chi connectivity index (χ4n) is 5.31. The van der Waals surface area contributed by atoms with Gasteiger partial charge in [-0.25, -0.2) is 32.7 Å². The van der Waals surface area contributed by atoms with Gasteiger partial charge in [0.2, 0.25) is 5.92 Å². The molecule has 2 amide bonds. The molecule has 0 aromatic carbocycles. The first-order valence-electron chi connectivity index (χ1n) is 11.4. The normalized spacial score (nSPS) is 23.1. The number of hydrogen-bond acceptors (Lipinski definition) is 8. The quantitative estimate of drug-likeness (QED) is 0.596. The summed E-state index contributed by atoms with van der Waals surface area (Å²) in [7, 11) is 0. The standard InChI is InChI=1S/C21H24F2N8O3/c1-12-17(29-34-28-12)16(13-2-4-21(22,23)5-3-13)14-9-31-18(26-14)27-15(8-25-31)20(10-33-11-20)30-7-6-24-19(30)32/h8-9,13,16H,2-7,10-11H2,1H3,(H,24,32). The minimum Gasteiger partial charge on any atom is -0.376 e. The Morgan fingerprint density at radius 1 is 1.21 bits per heavy atom. The number of carbonyl (C=O) groups excluding carboxylic acids is 1. The van der Waals surface area contributed by atoms with E-state index in [1.165, 1.54) is 0 Å². The van der Waals surface area contributed by atoms with Crippen LogP contribution in [0.3, 0.4) is 0 Å². The van der Waals surface area contributed by atoms with Crippen LogP contribution in [0.2, 0.25) is 0 Å². The van der Waals surface area contributed by atoms with E-state index in [2.05, 4.69) is 20.7 Å². The fraction of sp³-hybridized carbons (Fsp3) is 0.619. The largest absolute Gasteiger partial charge is 0.376 e. The van der Waals surface area contributed by atoms with Gasteiger partial charge in [0, 0.05) is 25.9 Å². The van der Waals surface area contributed by atoms with Gasteiger partial charge in [0.1, 0.15) is 16.9 Å². The zero-order valence-electron chi connectivity index (χ0n) is 18.6. The van der Waals surface area contributed by atoms with E-state index < -0.39 is 11.5 Å². The fourth-order valence-corrected chi connectivity index (χ4v) is 5.31. The zero-order valence-corrected chi connectivity index (χ0v) is 18.6. The summed E-state index contributed by atoms with van der Waals surface area (Å²) in [6.45, 7) is 3.57. The summed E-state index contributed by atoms with van der Waals surface area (Å²) in [5.41, 5.74) is 1.75. The summed E-state index contributed by atoms with van der Waals surface area (Å²) >= 11 is 0. The molecule has 0 bridgehead atoms. The molecule has 1 unspecified atom stereocenters. The molecule has 2 aliphatic heterocycles. The number of aryl methyl sites for hydroxylation is 1. The average molecular weight is 474 g/mol. The van der Waals surface area contributed by atoms with Crippen LogP contribution < -0.4 is 5.32 Å². The predicted molar refractivity (Wildman–Crippen MR) is 111 cm³/mol. The number of halogens is 2. The Labute approximate surface area is 192 Å². The van der Waals surface area contributed by atoms with Crippen LogP contribution in [0.1, 0.15) is 54.4 Å². The van der Waals surface area contributed by atoms with Gasteiger partial charge < -0.3 is 15.0 Å². The number of imidazole rings is 1. The van der Waals surface area contributed by atoms with E-state index >= 15 is 0 Å². The maximum Gasteiger partial charge on any atom is 0.318 e. The molecule has 6 rings (SSSR count). The van der Waals surface area contributed by atoms with Crippen LogP contribution in [0.5, 0.6) is 0 Å². The first-order valence-corrected chi connectivity index (χ1v) is 11.4. The van der Waals surface area contributed by atoms with E-state index in [-0.39, 0.29) is 30.7 Å². The average Bonchev–Trinajstić information content (AvgIpc) is 3.50. The Morgan fingerprint density at radius 3 is 2.62 bits per heavy atom. The van der Waals surface area contributed by atoms with Crippen molar-refractivity contribution < 1.29 is 22.9 Å². The van der Waals surface area contributed by atoms with Gasteiger partial charge in [-0.15, -0.1) is 0 Å². The number of urea groups is 1. The SMILES string of the molecule is Cc1nonc1C(c1cn2ncc(C3(N4CCNC4=O)COC3)nc2n1)C1CCC(F)(F)CC1. The molecular formula is C21H24F2N8O3. The molecule has 34 heavy (non-hydrogen) atoms. The molecule has 0 spiro atoms. The Hall–Kier alpha value is -3.22. The molecule has 180 valence electrons. The lowest BCUT2D eigenvalue weighted by atomic mass is 9.75. The second-order valence-corrected chi connectivity index (χ2v) is 9.37. The molecule has 11 nitrogen and oxygen atoms in total. The summed E-state index contributed by atoms with van der Waals surface area (Å²) < 4.78 is 39.7. The highest BCUT2D eigenvalue weighted by Gasteiger charge is 2.51. The zero-order chi connectivity index (χ0) is 23.5. The van der Waals surface area contributed by atoms with E-state index in [1.54, 1.807) is 28.7 Å². The van der Waals surface area contributed by atoms with Gasteiger partial charge in [-0.3, -0.25) is 0 Å². The van der Waals surface area contributed by atoms with Crippen molar-refractivity contribution in [2.24, 2.45) is 5.92 Å². The maximum atomic E-state index is 13.9. The van der Waals surface area contributed by atoms with Crippen LogP contribution in [-0.4, -0.2) is 73.1 Å². The van der Waals surface area contributed by atoms with E-state index in [0.29, 0.717) is 67.7 Å². The summed E-state index contributed by atoms with van der Waals surface area (Å²) in [6.07, 6.45) is 3.72. The highest BCUT2D eigenvalue weighted by Crippen LogP contribution is 2.45. The molecule has 1 atom stereocenters. The lowest BCUT2D eigenvalue weighted by Crippen LogP contribution is -2.60. The second-order valence-electron chi connectivity index (χ2n) is 9.37. The summed E-state index contributed by atoms with van der Waals surface area (Å²) in [5, 5.41) is 15.3. The molecule has 1 N–H and O–H groups in total. The van der Waals surface area contributed by atoms with Gasteiger partial charge in [0.25, 0.3) is 5.78 Å². The molecule has 5 heterocycles. The Bertz CT molecular complexity index is 1230. The van der Waals surface area contributed by atoms with Crippen molar-refractivity contribution in [2.75, 3.05) is 26.3 Å². The molecule has 13 heteroatoms. The monoisotopic (exact) mass is 474 g/mol. The number of alkyl halides is 2. The molecule has 1 saturated carbocycles. The summed E-state index contributed by atoms with van der Waals surface area (Å²) in [4.78, 5) is 23.5. The van der Waals surface area contributed by atoms with Gasteiger partial charge in [0.15, 0.2) is 0 Å². The van der Waals surface area contributed by atoms with Crippen LogP contribution in [0.4, 0.5) is 13.6 Å². The van der Waals surface area contributed by atoms with Crippen LogP contribution >= 0.6 is 0 Å². The minimum absolute atomic E-state index is 0.0886. The van der Waals surface area contributed by atoms with Crippen LogP contribution in [0.25, 0.3) is 5.78 Å². The first-order chi connectivity index (χ1) is 16.4. The van der Waals surface area contributed by atoms with Crippen molar-refractivity contribution >= 4 is 11.8 Å². The highest BCUT2D eigenvalue weighted by molar-refractivity contribution is 5.77. The van der Waals surface area contributed by atoms with E-state index in [0.717, 1.165) is 0 Å². The third-order valence-electron chi connectivity index (χ3n) is 7.28. The maximum absolute atomic E-state index is 13.9. The molecular weight excluding hydrogens is 450 g/mol. The topological polar surface area (TPSA) is 124 Å². The number of amides is 2. The van der Waals surface area contributed by atoms with Gasteiger partial charge in [-0.2, -0.15) is 5.10 Å². The molecule has 0 radical (unpaired) electrons. The minimum atomic E-state index is -2.64. The van der Waals surface area contributed by atoms with Gasteiger partial charge in [0.05, 0.1) is 42.9 Å². The number of fused-ring (bicyclic) bond motifs is 1. The molecule has 3 aliphatic rings. The highest BCUT2D eigenvalue weighted by atomic mass is 19.3. The van der Waals surface area contributed by atoms with Crippen molar-refractivity contribution in [2.45, 2.75) is 50.0 Å². The summed E-state index contributed by atoms with van der Waals surface area (Å²) in [5.74, 6) is -2.73. The van der Waals surface area contributed by atoms with E-state index in [9.17, 15) is 13.6 Å². The van der Waals surface area contributed by atoms with Gasteiger partial charge in [-0.1, -0.05) is 10.3 Å². The molecule has 3 aromatic heterocycles. The van der Waals surface area contributed by atoms with E-state index in [4.69, 9.17) is 19.3 Å². The lowest BCUT2D eigenvalue weighted by Gasteiger charge is -2.46. The number of aromatic nitrogens is 6. The van der Waals surface area contributed by atoms with Crippen molar-refractivity contribution in [1.82, 2.24) is 40.1 Å². The van der Waals surface area contributed by atoms with Crippen LogP contribution in [-0.2, 0) is 10.3 Å². The smallest absolute Gasteiger partial charge is 0.318 e. The molecule has 3 fully saturated rings. The number of carbonyl (C=O) groups is 1. The van der Waals surface area contributed by atoms with Gasteiger partial charge >= 0.3 is 6.03 Å². The van der Waals surface area contributed by atoms with Crippen molar-refractivity contribution in [3.63, 3.8) is 0 Å². The number of nitrogens with one attached hydrogen (secondary N) is 1. The Kier molecular flexibility index (Phi) is 4.80. The number of ether oxygens (including phenoxy) is 1. The van der Waals surface area contributed by atoms with Crippen molar-refractivity contribution in [3.05, 3.63) is 35.2 Å². The van der Waals surface area contributed by atoms with Gasteiger partial charge in [-0.05, 0) is 25.7 Å². The second kappa shape index (κ2) is 7.65. The lowest BCUT2D eigenvalue weighted by molar-refractivity contribution is -0.126. The number of hydrogen-bond donors (Lipinski definition) is 1. The molecule has 1 aliphatic carbocycles. The Morgan fingerprint density at radius 2 is 2.00 bits per heavy atom. The first kappa shape index (κ1) is 21.3. The molecule has 3 aromatic rings. The number of rotatable bonds is 5. The molecule has 2 saturated heterocycles. The van der Waals surface area contributed by atoms with Crippen LogP contribution in [0.15, 0.2) is 17.0 Å². The Balaban J connectivity index is 1.38. The number of nitrogens with zero attached hydrogens (tertiary/aromatic N) is 7.